The number of carbonyl (C=O) groups is 1. The van der Waals surface area contributed by atoms with Crippen LogP contribution >= 0.6 is 0 Å². The van der Waals surface area contributed by atoms with Gasteiger partial charge in [-0.15, -0.1) is 0 Å². The van der Waals surface area contributed by atoms with Crippen LogP contribution in [0, 0.1) is 0 Å². The van der Waals surface area contributed by atoms with Gasteiger partial charge in [-0.25, -0.2) is 8.42 Å². The molecule has 3 rings (SSSR count). The Labute approximate surface area is 135 Å². The fourth-order valence-electron chi connectivity index (χ4n) is 2.63. The van der Waals surface area contributed by atoms with Gasteiger partial charge in [0.25, 0.3) is 5.91 Å². The molecule has 8 nitrogen and oxygen atoms in total. The van der Waals surface area contributed by atoms with Crippen molar-refractivity contribution < 1.29 is 17.7 Å². The zero-order chi connectivity index (χ0) is 16.6. The molecule has 1 aromatic rings. The van der Waals surface area contributed by atoms with E-state index in [9.17, 15) is 13.2 Å². The van der Waals surface area contributed by atoms with Crippen molar-refractivity contribution in [2.75, 3.05) is 33.7 Å². The van der Waals surface area contributed by atoms with Crippen LogP contribution in [-0.4, -0.2) is 67.7 Å². The third-order valence-corrected chi connectivity index (χ3v) is 6.50. The van der Waals surface area contributed by atoms with Crippen LogP contribution in [0.2, 0.25) is 0 Å². The number of hydrogen-bond acceptors (Lipinski definition) is 6. The summed E-state index contributed by atoms with van der Waals surface area (Å²) in [6.45, 7) is 1.78. The quantitative estimate of drug-likeness (QED) is 0.770. The van der Waals surface area contributed by atoms with Crippen LogP contribution < -0.4 is 5.32 Å². The Hall–Kier alpha value is -1.45. The summed E-state index contributed by atoms with van der Waals surface area (Å²) in [5.41, 5.74) is 0.803. The molecule has 23 heavy (non-hydrogen) atoms. The van der Waals surface area contributed by atoms with E-state index in [2.05, 4.69) is 10.5 Å². The predicted octanol–water partition coefficient (Wildman–Crippen LogP) is -0.184. The Balaban J connectivity index is 1.72. The molecular weight excluding hydrogens is 320 g/mol. The summed E-state index contributed by atoms with van der Waals surface area (Å²) in [7, 11) is 0.588. The highest BCUT2D eigenvalue weighted by molar-refractivity contribution is 7.90. The molecule has 0 saturated heterocycles. The van der Waals surface area contributed by atoms with Crippen LogP contribution in [-0.2, 0) is 23.0 Å². The maximum atomic E-state index is 12.4. The van der Waals surface area contributed by atoms with E-state index in [-0.39, 0.29) is 23.4 Å². The van der Waals surface area contributed by atoms with Crippen molar-refractivity contribution in [2.45, 2.75) is 31.1 Å². The van der Waals surface area contributed by atoms with E-state index in [0.29, 0.717) is 37.4 Å². The van der Waals surface area contributed by atoms with Crippen molar-refractivity contribution in [1.29, 1.82) is 0 Å². The number of rotatable bonds is 6. The third-order valence-electron chi connectivity index (χ3n) is 4.16. The molecule has 2 aliphatic rings. The van der Waals surface area contributed by atoms with Crippen molar-refractivity contribution in [3.63, 3.8) is 0 Å². The van der Waals surface area contributed by atoms with Crippen molar-refractivity contribution in [1.82, 2.24) is 19.7 Å². The van der Waals surface area contributed by atoms with Crippen LogP contribution in [0.1, 0.15) is 34.7 Å². The lowest BCUT2D eigenvalue weighted by atomic mass is 10.1. The second-order valence-electron chi connectivity index (χ2n) is 6.32. The van der Waals surface area contributed by atoms with Gasteiger partial charge in [0.05, 0.1) is 5.25 Å². The normalized spacial score (nSPS) is 18.9. The number of likely N-dealkylation sites (N-methyl/N-ethyl adjacent to an activating group) is 1. The number of amides is 1. The Morgan fingerprint density at radius 3 is 2.83 bits per heavy atom. The second kappa shape index (κ2) is 6.21. The fourth-order valence-corrected chi connectivity index (χ4v) is 4.44. The molecular formula is C14H22N4O4S. The summed E-state index contributed by atoms with van der Waals surface area (Å²) < 4.78 is 31.4. The highest BCUT2D eigenvalue weighted by Crippen LogP contribution is 2.34. The summed E-state index contributed by atoms with van der Waals surface area (Å²) in [4.78, 5) is 14.2. The first-order valence-electron chi connectivity index (χ1n) is 7.79. The molecule has 0 spiro atoms. The van der Waals surface area contributed by atoms with E-state index in [1.807, 2.05) is 19.0 Å². The summed E-state index contributed by atoms with van der Waals surface area (Å²) >= 11 is 0. The highest BCUT2D eigenvalue weighted by Gasteiger charge is 2.42. The number of carbonyl (C=O) groups excluding carboxylic acids is 1. The monoisotopic (exact) mass is 342 g/mol. The zero-order valence-electron chi connectivity index (χ0n) is 13.4. The average Bonchev–Trinajstić information content (AvgIpc) is 3.27. The molecule has 9 heteroatoms. The van der Waals surface area contributed by atoms with Crippen LogP contribution in [0.25, 0.3) is 0 Å². The van der Waals surface area contributed by atoms with Crippen molar-refractivity contribution >= 4 is 15.9 Å². The molecule has 128 valence electrons. The van der Waals surface area contributed by atoms with Gasteiger partial charge in [0, 0.05) is 38.2 Å². The fraction of sp³-hybridized carbons (Fsp3) is 0.714. The molecule has 0 radical (unpaired) electrons. The first-order valence-corrected chi connectivity index (χ1v) is 9.29. The lowest BCUT2D eigenvalue weighted by Crippen LogP contribution is -2.39. The van der Waals surface area contributed by atoms with Gasteiger partial charge >= 0.3 is 0 Å². The molecule has 1 N–H and O–H groups in total. The molecule has 0 bridgehead atoms. The Morgan fingerprint density at radius 1 is 1.43 bits per heavy atom. The number of nitrogens with one attached hydrogen (secondary N) is 1. The average molecular weight is 342 g/mol. The Bertz CT molecular complexity index is 694. The van der Waals surface area contributed by atoms with E-state index < -0.39 is 10.0 Å². The van der Waals surface area contributed by atoms with Crippen LogP contribution in [0.3, 0.4) is 0 Å². The Kier molecular flexibility index (Phi) is 4.43. The lowest BCUT2D eigenvalue weighted by Gasteiger charge is -2.25. The molecule has 0 unspecified atom stereocenters. The number of nitrogens with zero attached hydrogens (tertiary/aromatic N) is 3. The van der Waals surface area contributed by atoms with Gasteiger partial charge in [-0.05, 0) is 26.9 Å². The van der Waals surface area contributed by atoms with Crippen LogP contribution in [0.5, 0.6) is 0 Å². The van der Waals surface area contributed by atoms with E-state index in [4.69, 9.17) is 4.52 Å². The summed E-state index contributed by atoms with van der Waals surface area (Å²) in [5.74, 6) is 0.299. The SMILES string of the molecule is CN(C)CCNC(=O)c1noc2c1CN(S(=O)(=O)C1CC1)CC2. The van der Waals surface area contributed by atoms with E-state index in [0.717, 1.165) is 12.8 Å². The van der Waals surface area contributed by atoms with Crippen molar-refractivity contribution in [3.8, 4) is 0 Å². The van der Waals surface area contributed by atoms with Gasteiger partial charge in [-0.2, -0.15) is 4.31 Å². The number of sulfonamides is 1. The molecule has 1 saturated carbocycles. The minimum atomic E-state index is -3.25. The number of hydrogen-bond donors (Lipinski definition) is 1. The standard InChI is InChI=1S/C14H22N4O4S/c1-17(2)8-6-15-14(19)13-11-9-18(7-5-12(11)22-16-13)23(20,21)10-3-4-10/h10H,3-9H2,1-2H3,(H,15,19). The second-order valence-corrected chi connectivity index (χ2v) is 8.53. The van der Waals surface area contributed by atoms with Crippen LogP contribution in [0.4, 0.5) is 0 Å². The minimum Gasteiger partial charge on any atom is -0.360 e. The molecule has 0 atom stereocenters. The third kappa shape index (κ3) is 3.41. The van der Waals surface area contributed by atoms with Gasteiger partial charge in [0.1, 0.15) is 5.76 Å². The van der Waals surface area contributed by atoms with E-state index >= 15 is 0 Å². The maximum absolute atomic E-state index is 12.4. The van der Waals surface area contributed by atoms with E-state index in [1.54, 1.807) is 0 Å². The predicted molar refractivity (Wildman–Crippen MR) is 83.4 cm³/mol. The summed E-state index contributed by atoms with van der Waals surface area (Å²) in [5, 5.41) is 6.39. The van der Waals surface area contributed by atoms with Crippen LogP contribution in [0.15, 0.2) is 4.52 Å². The molecule has 1 amide bonds. The Morgan fingerprint density at radius 2 is 2.17 bits per heavy atom. The largest absolute Gasteiger partial charge is 0.360 e. The lowest BCUT2D eigenvalue weighted by molar-refractivity contribution is 0.0941. The molecule has 1 aromatic heterocycles. The summed E-state index contributed by atoms with van der Waals surface area (Å²) in [6, 6.07) is 0. The summed E-state index contributed by atoms with van der Waals surface area (Å²) in [6.07, 6.45) is 1.92. The van der Waals surface area contributed by atoms with Crippen molar-refractivity contribution in [3.05, 3.63) is 17.0 Å². The molecule has 1 aliphatic heterocycles. The minimum absolute atomic E-state index is 0.175. The van der Waals surface area contributed by atoms with Gasteiger partial charge < -0.3 is 14.7 Å². The molecule has 1 aliphatic carbocycles. The van der Waals surface area contributed by atoms with Gasteiger partial charge in [0.2, 0.25) is 10.0 Å². The molecule has 2 heterocycles. The molecule has 1 fully saturated rings. The molecule has 0 aromatic carbocycles. The van der Waals surface area contributed by atoms with Gasteiger partial charge in [0.15, 0.2) is 5.69 Å². The van der Waals surface area contributed by atoms with Gasteiger partial charge in [-0.1, -0.05) is 5.16 Å². The smallest absolute Gasteiger partial charge is 0.273 e. The first-order chi connectivity index (χ1) is 10.9. The van der Waals surface area contributed by atoms with E-state index in [1.165, 1.54) is 4.31 Å². The zero-order valence-corrected chi connectivity index (χ0v) is 14.2. The number of aromatic nitrogens is 1. The van der Waals surface area contributed by atoms with Crippen molar-refractivity contribution in [2.24, 2.45) is 0 Å². The maximum Gasteiger partial charge on any atom is 0.273 e. The highest BCUT2D eigenvalue weighted by atomic mass is 32.2. The number of fused-ring (bicyclic) bond motifs is 1. The topological polar surface area (TPSA) is 95.8 Å². The van der Waals surface area contributed by atoms with Gasteiger partial charge in [-0.3, -0.25) is 4.79 Å². The first kappa shape index (κ1) is 16.4.